The van der Waals surface area contributed by atoms with Crippen LogP contribution in [0.5, 0.6) is 0 Å². The number of isocyanates is 2. The van der Waals surface area contributed by atoms with E-state index in [1.54, 1.807) is 6.08 Å². The van der Waals surface area contributed by atoms with Gasteiger partial charge in [-0.15, -0.1) is 0 Å². The minimum absolute atomic E-state index is 0.102. The van der Waals surface area contributed by atoms with Crippen molar-refractivity contribution in [1.29, 1.82) is 0 Å². The maximum absolute atomic E-state index is 10.5. The van der Waals surface area contributed by atoms with Crippen LogP contribution in [0.2, 0.25) is 0 Å². The molecule has 4 nitrogen and oxygen atoms in total. The Balaban J connectivity index is 2.09. The molecule has 0 heterocycles. The number of hydrogen-bond acceptors (Lipinski definition) is 4. The molecule has 0 saturated heterocycles. The van der Waals surface area contributed by atoms with Crippen LogP contribution in [0.1, 0.15) is 6.42 Å². The van der Waals surface area contributed by atoms with Gasteiger partial charge in [0.1, 0.15) is 0 Å². The second kappa shape index (κ2) is 3.11. The number of hydrogen-bond donors (Lipinski definition) is 0. The van der Waals surface area contributed by atoms with Gasteiger partial charge >= 0.3 is 0 Å². The van der Waals surface area contributed by atoms with Crippen molar-refractivity contribution >= 4 is 12.2 Å². The van der Waals surface area contributed by atoms with E-state index in [1.807, 2.05) is 6.08 Å². The van der Waals surface area contributed by atoms with Gasteiger partial charge in [0.25, 0.3) is 0 Å². The lowest BCUT2D eigenvalue weighted by molar-refractivity contribution is 0.276. The fourth-order valence-electron chi connectivity index (χ4n) is 3.48. The van der Waals surface area contributed by atoms with Crippen LogP contribution in [0, 0.1) is 23.7 Å². The van der Waals surface area contributed by atoms with Crippen LogP contribution in [0.4, 0.5) is 0 Å². The molecule has 16 heavy (non-hydrogen) atoms. The lowest BCUT2D eigenvalue weighted by Crippen LogP contribution is -2.34. The molecular formula is C12H10N2O2. The summed E-state index contributed by atoms with van der Waals surface area (Å²) in [6.07, 6.45) is 12.3. The predicted octanol–water partition coefficient (Wildman–Crippen LogP) is 1.36. The molecule has 3 aliphatic rings. The number of allylic oxidation sites excluding steroid dienone is 3. The molecule has 4 atom stereocenters. The lowest BCUT2D eigenvalue weighted by Gasteiger charge is -2.29. The van der Waals surface area contributed by atoms with Crippen molar-refractivity contribution in [3.8, 4) is 0 Å². The van der Waals surface area contributed by atoms with Gasteiger partial charge in [0.05, 0.1) is 0 Å². The van der Waals surface area contributed by atoms with Crippen molar-refractivity contribution < 1.29 is 9.59 Å². The second-order valence-electron chi connectivity index (χ2n) is 4.60. The molecule has 80 valence electrons. The van der Waals surface area contributed by atoms with Crippen molar-refractivity contribution in [2.45, 2.75) is 12.1 Å². The van der Waals surface area contributed by atoms with Crippen LogP contribution in [-0.4, -0.2) is 17.8 Å². The molecule has 0 aliphatic heterocycles. The Morgan fingerprint density at radius 3 is 2.44 bits per heavy atom. The van der Waals surface area contributed by atoms with Crippen molar-refractivity contribution in [3.05, 3.63) is 24.3 Å². The molecule has 3 rings (SSSR count). The quantitative estimate of drug-likeness (QED) is 0.396. The van der Waals surface area contributed by atoms with Crippen LogP contribution >= 0.6 is 0 Å². The molecule has 0 amide bonds. The first-order chi connectivity index (χ1) is 7.80. The highest BCUT2D eigenvalue weighted by atomic mass is 16.1. The number of nitrogens with zero attached hydrogens (tertiary/aromatic N) is 2. The van der Waals surface area contributed by atoms with E-state index in [-0.39, 0.29) is 5.92 Å². The van der Waals surface area contributed by atoms with Gasteiger partial charge < -0.3 is 0 Å². The highest BCUT2D eigenvalue weighted by molar-refractivity contribution is 5.45. The van der Waals surface area contributed by atoms with E-state index in [1.165, 1.54) is 12.2 Å². The monoisotopic (exact) mass is 214 g/mol. The van der Waals surface area contributed by atoms with Crippen LogP contribution in [-0.2, 0) is 9.59 Å². The summed E-state index contributed by atoms with van der Waals surface area (Å²) in [7, 11) is 0. The standard InChI is InChI=1S/C12H10N2O2/c15-6-13-12(14-7-16)4-3-10-8-1-2-9(5-8)11(10)12/h1-4,8-11H,5H2. The smallest absolute Gasteiger partial charge is 0.211 e. The van der Waals surface area contributed by atoms with Crippen molar-refractivity contribution in [2.24, 2.45) is 33.7 Å². The van der Waals surface area contributed by atoms with E-state index in [2.05, 4.69) is 22.1 Å². The molecule has 1 saturated carbocycles. The normalized spacial score (nSPS) is 46.2. The fourth-order valence-corrected chi connectivity index (χ4v) is 3.48. The third-order valence-corrected chi connectivity index (χ3v) is 4.02. The van der Waals surface area contributed by atoms with Crippen LogP contribution < -0.4 is 0 Å². The molecule has 0 aromatic carbocycles. The van der Waals surface area contributed by atoms with E-state index in [9.17, 15) is 9.59 Å². The maximum Gasteiger partial charge on any atom is 0.237 e. The first-order valence-electron chi connectivity index (χ1n) is 5.36. The Labute approximate surface area is 92.5 Å². The highest BCUT2D eigenvalue weighted by Crippen LogP contribution is 2.57. The second-order valence-corrected chi connectivity index (χ2v) is 4.60. The fraction of sp³-hybridized carbons (Fsp3) is 0.500. The van der Waals surface area contributed by atoms with Gasteiger partial charge in [-0.3, -0.25) is 0 Å². The van der Waals surface area contributed by atoms with Gasteiger partial charge in [0.15, 0.2) is 5.66 Å². The Bertz CT molecular complexity index is 463. The number of fused-ring (bicyclic) bond motifs is 5. The number of carbonyl (C=O) groups excluding carboxylic acids is 2. The predicted molar refractivity (Wildman–Crippen MR) is 55.8 cm³/mol. The third kappa shape index (κ3) is 1.00. The van der Waals surface area contributed by atoms with Crippen molar-refractivity contribution in [3.63, 3.8) is 0 Å². The summed E-state index contributed by atoms with van der Waals surface area (Å²) in [4.78, 5) is 28.5. The minimum atomic E-state index is -1.03. The molecule has 0 spiro atoms. The average Bonchev–Trinajstić information content (AvgIpc) is 2.92. The van der Waals surface area contributed by atoms with E-state index in [0.29, 0.717) is 17.8 Å². The molecule has 0 N–H and O–H groups in total. The minimum Gasteiger partial charge on any atom is -0.211 e. The third-order valence-electron chi connectivity index (χ3n) is 4.02. The first kappa shape index (κ1) is 9.46. The Morgan fingerprint density at radius 2 is 1.75 bits per heavy atom. The van der Waals surface area contributed by atoms with Gasteiger partial charge in [-0.2, -0.15) is 9.98 Å². The summed E-state index contributed by atoms with van der Waals surface area (Å²) in [6, 6.07) is 0. The van der Waals surface area contributed by atoms with E-state index >= 15 is 0 Å². The summed E-state index contributed by atoms with van der Waals surface area (Å²) < 4.78 is 0. The van der Waals surface area contributed by atoms with E-state index in [4.69, 9.17) is 0 Å². The van der Waals surface area contributed by atoms with Gasteiger partial charge in [-0.1, -0.05) is 18.2 Å². The molecule has 3 aliphatic carbocycles. The van der Waals surface area contributed by atoms with Gasteiger partial charge in [-0.05, 0) is 30.3 Å². The first-order valence-corrected chi connectivity index (χ1v) is 5.36. The zero-order valence-electron chi connectivity index (χ0n) is 8.54. The summed E-state index contributed by atoms with van der Waals surface area (Å²) in [5, 5.41) is 0. The summed E-state index contributed by atoms with van der Waals surface area (Å²) in [6.45, 7) is 0. The van der Waals surface area contributed by atoms with Crippen LogP contribution in [0.15, 0.2) is 34.3 Å². The molecule has 0 aromatic heterocycles. The summed E-state index contributed by atoms with van der Waals surface area (Å²) >= 11 is 0. The van der Waals surface area contributed by atoms with Crippen LogP contribution in [0.3, 0.4) is 0 Å². The Kier molecular flexibility index (Phi) is 1.84. The molecular weight excluding hydrogens is 204 g/mol. The molecule has 1 fully saturated rings. The highest BCUT2D eigenvalue weighted by Gasteiger charge is 2.56. The number of rotatable bonds is 2. The zero-order chi connectivity index (χ0) is 11.2. The zero-order valence-corrected chi connectivity index (χ0v) is 8.54. The maximum atomic E-state index is 10.5. The molecule has 2 bridgehead atoms. The number of aliphatic imine (C=N–C) groups is 2. The van der Waals surface area contributed by atoms with Crippen molar-refractivity contribution in [1.82, 2.24) is 0 Å². The molecule has 4 unspecified atom stereocenters. The lowest BCUT2D eigenvalue weighted by atomic mass is 9.80. The summed E-state index contributed by atoms with van der Waals surface area (Å²) in [5.74, 6) is 1.32. The summed E-state index contributed by atoms with van der Waals surface area (Å²) in [5.41, 5.74) is -1.03. The SMILES string of the molecule is O=C=NC1(N=C=O)C=CC2C3C=CC(C3)C21. The Hall–Kier alpha value is -1.76. The van der Waals surface area contributed by atoms with Gasteiger partial charge in [0.2, 0.25) is 12.2 Å². The Morgan fingerprint density at radius 1 is 1.06 bits per heavy atom. The van der Waals surface area contributed by atoms with E-state index < -0.39 is 5.66 Å². The largest absolute Gasteiger partial charge is 0.237 e. The molecule has 0 aromatic rings. The average molecular weight is 214 g/mol. The molecule has 0 radical (unpaired) electrons. The van der Waals surface area contributed by atoms with Gasteiger partial charge in [-0.25, -0.2) is 9.59 Å². The topological polar surface area (TPSA) is 58.9 Å². The van der Waals surface area contributed by atoms with Crippen LogP contribution in [0.25, 0.3) is 0 Å². The van der Waals surface area contributed by atoms with E-state index in [0.717, 1.165) is 6.42 Å². The van der Waals surface area contributed by atoms with Crippen molar-refractivity contribution in [2.75, 3.05) is 0 Å². The molecule has 4 heteroatoms. The van der Waals surface area contributed by atoms with Gasteiger partial charge in [0, 0.05) is 5.92 Å².